The van der Waals surface area contributed by atoms with Gasteiger partial charge in [0.25, 0.3) is 0 Å². The lowest BCUT2D eigenvalue weighted by Crippen LogP contribution is -2.52. The van der Waals surface area contributed by atoms with Gasteiger partial charge in [-0.3, -0.25) is 9.97 Å². The maximum Gasteiger partial charge on any atom is 0.333 e. The van der Waals surface area contributed by atoms with Crippen molar-refractivity contribution in [3.05, 3.63) is 69.4 Å². The summed E-state index contributed by atoms with van der Waals surface area (Å²) in [6.45, 7) is 10.2. The average Bonchev–Trinajstić information content (AvgIpc) is 2.52. The molecule has 0 spiro atoms. The van der Waals surface area contributed by atoms with Gasteiger partial charge < -0.3 is 14.2 Å². The van der Waals surface area contributed by atoms with Crippen LogP contribution in [0.3, 0.4) is 0 Å². The Morgan fingerprint density at radius 3 is 1.61 bits per heavy atom. The lowest BCUT2D eigenvalue weighted by molar-refractivity contribution is -0.377. The molecular formula is C14H19N3O6. The summed E-state index contributed by atoms with van der Waals surface area (Å²) in [6, 6.07) is 0. The molecule has 0 bridgehead atoms. The predicted octanol–water partition coefficient (Wildman–Crippen LogP) is -0.513. The number of aromatic amines is 2. The van der Waals surface area contributed by atoms with Crippen molar-refractivity contribution in [2.24, 2.45) is 0 Å². The van der Waals surface area contributed by atoms with Crippen molar-refractivity contribution in [2.45, 2.75) is 12.5 Å². The quantitative estimate of drug-likeness (QED) is 0.418. The molecule has 0 aliphatic carbocycles. The standard InChI is InChI=1S/C14H19N3O6/c1-4-7-21-14(22-8-5-2,23-9-6-3)10-17-12(19)15-11(18)16-13(17)20/h4-6H,1-3,7-10H2,(H2,15,16,18,19,20). The zero-order valence-corrected chi connectivity index (χ0v) is 12.6. The molecule has 0 saturated heterocycles. The predicted molar refractivity (Wildman–Crippen MR) is 83.1 cm³/mol. The minimum Gasteiger partial charge on any atom is -0.322 e. The summed E-state index contributed by atoms with van der Waals surface area (Å²) in [7, 11) is 0. The molecule has 1 rings (SSSR count). The molecule has 9 heteroatoms. The summed E-state index contributed by atoms with van der Waals surface area (Å²) in [5, 5.41) is 0. The Bertz CT molecular complexity index is 649. The number of nitrogens with zero attached hydrogens (tertiary/aromatic N) is 1. The first-order chi connectivity index (χ1) is 11.0. The zero-order chi connectivity index (χ0) is 17.3. The summed E-state index contributed by atoms with van der Waals surface area (Å²) in [4.78, 5) is 38.6. The highest BCUT2D eigenvalue weighted by atomic mass is 16.9. The molecule has 2 N–H and O–H groups in total. The smallest absolute Gasteiger partial charge is 0.322 e. The molecule has 23 heavy (non-hydrogen) atoms. The first-order valence-corrected chi connectivity index (χ1v) is 6.66. The molecule has 1 aromatic heterocycles. The molecule has 0 saturated carbocycles. The molecule has 126 valence electrons. The Labute approximate surface area is 131 Å². The average molecular weight is 325 g/mol. The van der Waals surface area contributed by atoms with E-state index in [1.165, 1.54) is 18.2 Å². The van der Waals surface area contributed by atoms with Crippen LogP contribution in [0.4, 0.5) is 0 Å². The van der Waals surface area contributed by atoms with Gasteiger partial charge in [0.15, 0.2) is 0 Å². The lowest BCUT2D eigenvalue weighted by atomic mass is 10.4. The Morgan fingerprint density at radius 2 is 1.26 bits per heavy atom. The van der Waals surface area contributed by atoms with E-state index in [1.54, 1.807) is 0 Å². The molecule has 0 aliphatic heterocycles. The summed E-state index contributed by atoms with van der Waals surface area (Å²) < 4.78 is 17.1. The van der Waals surface area contributed by atoms with Gasteiger partial charge >= 0.3 is 23.0 Å². The molecule has 0 amide bonds. The van der Waals surface area contributed by atoms with Gasteiger partial charge in [-0.1, -0.05) is 18.2 Å². The van der Waals surface area contributed by atoms with Crippen LogP contribution in [0.5, 0.6) is 0 Å². The normalized spacial score (nSPS) is 11.1. The second-order valence-electron chi connectivity index (χ2n) is 4.26. The molecule has 0 fully saturated rings. The number of hydrogen-bond donors (Lipinski definition) is 2. The van der Waals surface area contributed by atoms with Crippen molar-refractivity contribution in [3.63, 3.8) is 0 Å². The van der Waals surface area contributed by atoms with Gasteiger partial charge in [-0.05, 0) is 0 Å². The Balaban J connectivity index is 3.25. The highest BCUT2D eigenvalue weighted by molar-refractivity contribution is 4.77. The summed E-state index contributed by atoms with van der Waals surface area (Å²) in [5.41, 5.74) is -2.75. The van der Waals surface area contributed by atoms with E-state index < -0.39 is 29.6 Å². The Morgan fingerprint density at radius 1 is 0.870 bits per heavy atom. The van der Waals surface area contributed by atoms with Gasteiger partial charge in [-0.2, -0.15) is 0 Å². The Hall–Kier alpha value is -2.49. The molecule has 0 aliphatic rings. The summed E-state index contributed by atoms with van der Waals surface area (Å²) >= 11 is 0. The first-order valence-electron chi connectivity index (χ1n) is 6.66. The van der Waals surface area contributed by atoms with Gasteiger partial charge in [0, 0.05) is 0 Å². The van der Waals surface area contributed by atoms with Gasteiger partial charge in [-0.15, -0.1) is 19.7 Å². The van der Waals surface area contributed by atoms with Gasteiger partial charge in [0.2, 0.25) is 0 Å². The zero-order valence-electron chi connectivity index (χ0n) is 12.6. The molecule has 0 radical (unpaired) electrons. The van der Waals surface area contributed by atoms with E-state index in [9.17, 15) is 14.4 Å². The summed E-state index contributed by atoms with van der Waals surface area (Å²) in [6.07, 6.45) is 4.34. The van der Waals surface area contributed by atoms with E-state index in [0.717, 1.165) is 0 Å². The maximum atomic E-state index is 11.8. The number of ether oxygens (including phenoxy) is 3. The highest BCUT2D eigenvalue weighted by Crippen LogP contribution is 2.18. The van der Waals surface area contributed by atoms with Gasteiger partial charge in [0.05, 0.1) is 19.8 Å². The minimum absolute atomic E-state index is 0.0320. The third-order valence-electron chi connectivity index (χ3n) is 2.55. The van der Waals surface area contributed by atoms with Crippen molar-refractivity contribution >= 4 is 0 Å². The van der Waals surface area contributed by atoms with Crippen molar-refractivity contribution in [2.75, 3.05) is 19.8 Å². The van der Waals surface area contributed by atoms with Crippen LogP contribution in [0.2, 0.25) is 0 Å². The molecule has 0 atom stereocenters. The maximum absolute atomic E-state index is 11.8. The van der Waals surface area contributed by atoms with Crippen LogP contribution < -0.4 is 17.1 Å². The van der Waals surface area contributed by atoms with Crippen molar-refractivity contribution in [1.82, 2.24) is 14.5 Å². The van der Waals surface area contributed by atoms with Crippen LogP contribution >= 0.6 is 0 Å². The van der Waals surface area contributed by atoms with Crippen LogP contribution in [-0.2, 0) is 20.8 Å². The van der Waals surface area contributed by atoms with Crippen molar-refractivity contribution in [3.8, 4) is 0 Å². The fourth-order valence-corrected chi connectivity index (χ4v) is 1.61. The number of rotatable bonds is 11. The van der Waals surface area contributed by atoms with Crippen LogP contribution in [-0.4, -0.2) is 40.3 Å². The monoisotopic (exact) mass is 325 g/mol. The SMILES string of the molecule is C=CCOC(Cn1c(=O)[nH]c(=O)[nH]c1=O)(OCC=C)OCC=C. The fourth-order valence-electron chi connectivity index (χ4n) is 1.61. The molecule has 1 heterocycles. The number of hydrogen-bond acceptors (Lipinski definition) is 6. The lowest BCUT2D eigenvalue weighted by Gasteiger charge is -2.32. The third kappa shape index (κ3) is 5.33. The largest absolute Gasteiger partial charge is 0.333 e. The van der Waals surface area contributed by atoms with Crippen LogP contribution in [0.15, 0.2) is 52.3 Å². The third-order valence-corrected chi connectivity index (χ3v) is 2.55. The highest BCUT2D eigenvalue weighted by Gasteiger charge is 2.35. The summed E-state index contributed by atoms with van der Waals surface area (Å²) in [5.74, 6) is -1.76. The first kappa shape index (κ1) is 18.6. The molecular weight excluding hydrogens is 306 g/mol. The van der Waals surface area contributed by atoms with E-state index in [2.05, 4.69) is 19.7 Å². The number of nitrogens with one attached hydrogen (secondary N) is 2. The van der Waals surface area contributed by atoms with E-state index in [4.69, 9.17) is 14.2 Å². The molecule has 0 unspecified atom stereocenters. The van der Waals surface area contributed by atoms with E-state index in [0.29, 0.717) is 4.57 Å². The molecule has 1 aromatic rings. The van der Waals surface area contributed by atoms with Gasteiger partial charge in [0.1, 0.15) is 6.54 Å². The number of aromatic nitrogens is 3. The Kier molecular flexibility index (Phi) is 7.13. The van der Waals surface area contributed by atoms with Crippen LogP contribution in [0.25, 0.3) is 0 Å². The molecule has 9 nitrogen and oxygen atoms in total. The fraction of sp³-hybridized carbons (Fsp3) is 0.357. The second-order valence-corrected chi connectivity index (χ2v) is 4.26. The second kappa shape index (κ2) is 8.83. The van der Waals surface area contributed by atoms with Crippen LogP contribution in [0.1, 0.15) is 0 Å². The topological polar surface area (TPSA) is 115 Å². The van der Waals surface area contributed by atoms with E-state index >= 15 is 0 Å². The number of H-pyrrole nitrogens is 2. The van der Waals surface area contributed by atoms with Crippen molar-refractivity contribution in [1.29, 1.82) is 0 Å². The van der Waals surface area contributed by atoms with E-state index in [1.807, 2.05) is 9.97 Å². The van der Waals surface area contributed by atoms with Crippen molar-refractivity contribution < 1.29 is 14.2 Å². The minimum atomic E-state index is -1.76. The van der Waals surface area contributed by atoms with Crippen LogP contribution in [0, 0.1) is 0 Å². The molecule has 0 aromatic carbocycles. The van der Waals surface area contributed by atoms with Gasteiger partial charge in [-0.25, -0.2) is 19.0 Å². The van der Waals surface area contributed by atoms with E-state index in [-0.39, 0.29) is 19.8 Å².